The van der Waals surface area contributed by atoms with Gasteiger partial charge in [0.25, 0.3) is 5.91 Å². The van der Waals surface area contributed by atoms with Crippen molar-refractivity contribution in [3.8, 4) is 17.2 Å². The van der Waals surface area contributed by atoms with E-state index in [1.54, 1.807) is 42.6 Å². The number of fused-ring (bicyclic) bond motifs is 1. The van der Waals surface area contributed by atoms with Gasteiger partial charge in [0.15, 0.2) is 18.1 Å². The molecule has 3 aromatic carbocycles. The van der Waals surface area contributed by atoms with E-state index in [9.17, 15) is 4.79 Å². The number of amides is 1. The Morgan fingerprint density at radius 3 is 2.69 bits per heavy atom. The van der Waals surface area contributed by atoms with Crippen molar-refractivity contribution in [2.75, 3.05) is 13.7 Å². The van der Waals surface area contributed by atoms with Crippen LogP contribution < -0.4 is 19.6 Å². The first-order chi connectivity index (χ1) is 17.4. The zero-order valence-corrected chi connectivity index (χ0v) is 22.1. The number of para-hydroxylation sites is 1. The van der Waals surface area contributed by atoms with Gasteiger partial charge in [-0.2, -0.15) is 5.10 Å². The standard InChI is InChI=1S/C26H20BrCl2N3O4/c1-34-23-10-18(20(27)12-24(23)35-14-17-7-8-19(28)11-21(17)29)13-31-32-25(33)15-36-22-6-2-4-16-5-3-9-30-26(16)22/h2-13H,14-15H2,1H3,(H,32,33)/b31-13-. The Bertz CT molecular complexity index is 1430. The summed E-state index contributed by atoms with van der Waals surface area (Å²) in [6.07, 6.45) is 3.17. The summed E-state index contributed by atoms with van der Waals surface area (Å²) < 4.78 is 17.7. The van der Waals surface area contributed by atoms with E-state index in [1.807, 2.05) is 24.3 Å². The number of benzene rings is 3. The minimum absolute atomic E-state index is 0.211. The first-order valence-electron chi connectivity index (χ1n) is 10.7. The predicted molar refractivity (Wildman–Crippen MR) is 144 cm³/mol. The summed E-state index contributed by atoms with van der Waals surface area (Å²) in [6, 6.07) is 18.0. The quantitative estimate of drug-likeness (QED) is 0.180. The first-order valence-corrected chi connectivity index (χ1v) is 12.2. The van der Waals surface area contributed by atoms with E-state index in [4.69, 9.17) is 37.4 Å². The van der Waals surface area contributed by atoms with E-state index in [0.29, 0.717) is 42.8 Å². The average molecular weight is 589 g/mol. The third-order valence-electron chi connectivity index (χ3n) is 5.03. The number of hydrogen-bond donors (Lipinski definition) is 1. The highest BCUT2D eigenvalue weighted by Gasteiger charge is 2.12. The lowest BCUT2D eigenvalue weighted by Gasteiger charge is -2.13. The monoisotopic (exact) mass is 587 g/mol. The molecule has 0 aliphatic carbocycles. The molecule has 1 aromatic heterocycles. The summed E-state index contributed by atoms with van der Waals surface area (Å²) in [4.78, 5) is 16.5. The highest BCUT2D eigenvalue weighted by atomic mass is 79.9. The van der Waals surface area contributed by atoms with Crippen LogP contribution in [0.4, 0.5) is 0 Å². The van der Waals surface area contributed by atoms with Crippen molar-refractivity contribution in [1.82, 2.24) is 10.4 Å². The second-order valence-electron chi connectivity index (χ2n) is 7.46. The zero-order valence-electron chi connectivity index (χ0n) is 19.0. The molecule has 36 heavy (non-hydrogen) atoms. The molecule has 0 radical (unpaired) electrons. The van der Waals surface area contributed by atoms with Crippen molar-refractivity contribution in [2.45, 2.75) is 6.61 Å². The van der Waals surface area contributed by atoms with Crippen molar-refractivity contribution in [1.29, 1.82) is 0 Å². The first kappa shape index (κ1) is 25.8. The lowest BCUT2D eigenvalue weighted by molar-refractivity contribution is -0.123. The molecular formula is C26H20BrCl2N3O4. The van der Waals surface area contributed by atoms with Crippen molar-refractivity contribution >= 4 is 62.2 Å². The SMILES string of the molecule is COc1cc(/C=N\NC(=O)COc2cccc3cccnc23)c(Br)cc1OCc1ccc(Cl)cc1Cl. The highest BCUT2D eigenvalue weighted by molar-refractivity contribution is 9.10. The topological polar surface area (TPSA) is 82.0 Å². The average Bonchev–Trinajstić information content (AvgIpc) is 2.88. The van der Waals surface area contributed by atoms with E-state index < -0.39 is 5.91 Å². The molecular weight excluding hydrogens is 569 g/mol. The van der Waals surface area contributed by atoms with E-state index in [1.165, 1.54) is 13.3 Å². The lowest BCUT2D eigenvalue weighted by Crippen LogP contribution is -2.24. The third kappa shape index (κ3) is 6.46. The van der Waals surface area contributed by atoms with E-state index >= 15 is 0 Å². The van der Waals surface area contributed by atoms with Gasteiger partial charge in [0.05, 0.1) is 13.3 Å². The molecule has 0 fully saturated rings. The Morgan fingerprint density at radius 1 is 1.06 bits per heavy atom. The molecule has 0 saturated carbocycles. The summed E-state index contributed by atoms with van der Waals surface area (Å²) in [5, 5.41) is 6.01. The highest BCUT2D eigenvalue weighted by Crippen LogP contribution is 2.34. The Kier molecular flexibility index (Phi) is 8.64. The maximum Gasteiger partial charge on any atom is 0.277 e. The van der Waals surface area contributed by atoms with Crippen LogP contribution in [0.25, 0.3) is 10.9 Å². The minimum Gasteiger partial charge on any atom is -0.493 e. The molecule has 0 unspecified atom stereocenters. The van der Waals surface area contributed by atoms with Crippen molar-refractivity contribution in [2.24, 2.45) is 5.10 Å². The normalized spacial score (nSPS) is 11.0. The Morgan fingerprint density at radius 2 is 1.89 bits per heavy atom. The van der Waals surface area contributed by atoms with Crippen LogP contribution >= 0.6 is 39.1 Å². The molecule has 1 heterocycles. The second-order valence-corrected chi connectivity index (χ2v) is 9.16. The van der Waals surface area contributed by atoms with Crippen molar-refractivity contribution in [3.05, 3.63) is 92.5 Å². The number of ether oxygens (including phenoxy) is 3. The number of carbonyl (C=O) groups is 1. The van der Waals surface area contributed by atoms with Gasteiger partial charge < -0.3 is 14.2 Å². The van der Waals surface area contributed by atoms with Gasteiger partial charge >= 0.3 is 0 Å². The van der Waals surface area contributed by atoms with Crippen LogP contribution in [0.1, 0.15) is 11.1 Å². The molecule has 0 spiro atoms. The second kappa shape index (κ2) is 12.1. The van der Waals surface area contributed by atoms with Gasteiger partial charge in [-0.25, -0.2) is 5.43 Å². The maximum atomic E-state index is 12.2. The van der Waals surface area contributed by atoms with Gasteiger partial charge in [-0.3, -0.25) is 9.78 Å². The Hall–Kier alpha value is -3.33. The minimum atomic E-state index is -0.415. The summed E-state index contributed by atoms with van der Waals surface area (Å²) in [6.45, 7) is 0.0199. The Balaban J connectivity index is 1.36. The number of nitrogens with one attached hydrogen (secondary N) is 1. The number of rotatable bonds is 9. The molecule has 0 saturated heterocycles. The van der Waals surface area contributed by atoms with Crippen LogP contribution in [0.5, 0.6) is 17.2 Å². The van der Waals surface area contributed by atoms with Crippen LogP contribution in [-0.4, -0.2) is 30.8 Å². The number of nitrogens with zero attached hydrogens (tertiary/aromatic N) is 2. The number of aromatic nitrogens is 1. The van der Waals surface area contributed by atoms with Gasteiger partial charge in [0.1, 0.15) is 17.9 Å². The van der Waals surface area contributed by atoms with Crippen LogP contribution in [0.3, 0.4) is 0 Å². The number of hydrogen-bond acceptors (Lipinski definition) is 6. The van der Waals surface area contributed by atoms with Gasteiger partial charge in [-0.1, -0.05) is 47.5 Å². The number of pyridine rings is 1. The molecule has 0 aliphatic heterocycles. The van der Waals surface area contributed by atoms with Crippen LogP contribution in [-0.2, 0) is 11.4 Å². The fourth-order valence-corrected chi connectivity index (χ4v) is 4.15. The third-order valence-corrected chi connectivity index (χ3v) is 6.30. The number of methoxy groups -OCH3 is 1. The molecule has 0 atom stereocenters. The van der Waals surface area contributed by atoms with Gasteiger partial charge in [-0.15, -0.1) is 0 Å². The summed E-state index contributed by atoms with van der Waals surface area (Å²) in [5.74, 6) is 1.11. The van der Waals surface area contributed by atoms with Gasteiger partial charge in [0, 0.05) is 37.2 Å². The molecule has 1 amide bonds. The smallest absolute Gasteiger partial charge is 0.277 e. The van der Waals surface area contributed by atoms with Gasteiger partial charge in [0.2, 0.25) is 0 Å². The number of hydrazone groups is 1. The van der Waals surface area contributed by atoms with E-state index in [2.05, 4.69) is 31.4 Å². The molecule has 0 bridgehead atoms. The van der Waals surface area contributed by atoms with Crippen molar-refractivity contribution in [3.63, 3.8) is 0 Å². The molecule has 4 rings (SSSR count). The fraction of sp³-hybridized carbons (Fsp3) is 0.115. The van der Waals surface area contributed by atoms with Crippen LogP contribution in [0.15, 0.2) is 76.4 Å². The molecule has 7 nitrogen and oxygen atoms in total. The van der Waals surface area contributed by atoms with Crippen molar-refractivity contribution < 1.29 is 19.0 Å². The Labute approximate surface area is 226 Å². The van der Waals surface area contributed by atoms with E-state index in [0.717, 1.165) is 10.9 Å². The number of carbonyl (C=O) groups excluding carboxylic acids is 1. The summed E-state index contributed by atoms with van der Waals surface area (Å²) in [5.41, 5.74) is 4.60. The van der Waals surface area contributed by atoms with Crippen LogP contribution in [0, 0.1) is 0 Å². The fourth-order valence-electron chi connectivity index (χ4n) is 3.26. The molecule has 1 N–H and O–H groups in total. The molecule has 10 heteroatoms. The van der Waals surface area contributed by atoms with Crippen LogP contribution in [0.2, 0.25) is 10.0 Å². The molecule has 184 valence electrons. The zero-order chi connectivity index (χ0) is 25.5. The number of halogens is 3. The summed E-state index contributed by atoms with van der Waals surface area (Å²) in [7, 11) is 1.54. The van der Waals surface area contributed by atoms with Gasteiger partial charge in [-0.05, 0) is 52.3 Å². The maximum absolute atomic E-state index is 12.2. The molecule has 4 aromatic rings. The molecule has 0 aliphatic rings. The lowest BCUT2D eigenvalue weighted by atomic mass is 10.2. The predicted octanol–water partition coefficient (Wildman–Crippen LogP) is 6.42. The van der Waals surface area contributed by atoms with E-state index in [-0.39, 0.29) is 13.2 Å². The largest absolute Gasteiger partial charge is 0.493 e. The summed E-state index contributed by atoms with van der Waals surface area (Å²) >= 11 is 15.7.